The van der Waals surface area contributed by atoms with Crippen molar-refractivity contribution in [1.29, 1.82) is 0 Å². The minimum atomic E-state index is 0.920. The van der Waals surface area contributed by atoms with Crippen LogP contribution in [0.4, 0.5) is 0 Å². The molecule has 0 aliphatic heterocycles. The molecule has 2 heterocycles. The van der Waals surface area contributed by atoms with Crippen LogP contribution in [0, 0.1) is 6.92 Å². The number of hydrogen-bond donors (Lipinski definition) is 0. The summed E-state index contributed by atoms with van der Waals surface area (Å²) in [4.78, 5) is 8.38. The van der Waals surface area contributed by atoms with Gasteiger partial charge in [-0.15, -0.1) is 11.3 Å². The predicted octanol–water partition coefficient (Wildman–Crippen LogP) is 2.76. The van der Waals surface area contributed by atoms with Gasteiger partial charge in [0.05, 0.1) is 10.2 Å². The Hall–Kier alpha value is -0.480. The highest BCUT2D eigenvalue weighted by Crippen LogP contribution is 2.26. The van der Waals surface area contributed by atoms with E-state index < -0.39 is 0 Å². The predicted molar refractivity (Wildman–Crippen MR) is 49.9 cm³/mol. The van der Waals surface area contributed by atoms with Crippen molar-refractivity contribution in [3.8, 4) is 0 Å². The van der Waals surface area contributed by atoms with E-state index in [1.165, 1.54) is 0 Å². The molecule has 0 unspecified atom stereocenters. The van der Waals surface area contributed by atoms with E-state index in [-0.39, 0.29) is 0 Å². The first-order valence-electron chi connectivity index (χ1n) is 3.14. The highest BCUT2D eigenvalue weighted by molar-refractivity contribution is 9.11. The van der Waals surface area contributed by atoms with Gasteiger partial charge in [-0.2, -0.15) is 0 Å². The van der Waals surface area contributed by atoms with Gasteiger partial charge >= 0.3 is 0 Å². The van der Waals surface area contributed by atoms with Crippen LogP contribution in [0.1, 0.15) is 5.56 Å². The third-order valence-electron chi connectivity index (χ3n) is 1.46. The topological polar surface area (TPSA) is 25.8 Å². The van der Waals surface area contributed by atoms with Gasteiger partial charge in [0.15, 0.2) is 3.92 Å². The van der Waals surface area contributed by atoms with E-state index in [0.717, 1.165) is 19.7 Å². The van der Waals surface area contributed by atoms with Crippen LogP contribution in [0.3, 0.4) is 0 Å². The molecular weight excluding hydrogens is 224 g/mol. The lowest BCUT2D eigenvalue weighted by molar-refractivity contribution is 1.29. The molecule has 0 fully saturated rings. The van der Waals surface area contributed by atoms with Crippen LogP contribution in [0.15, 0.2) is 16.3 Å². The molecule has 2 nitrogen and oxygen atoms in total. The second-order valence-electron chi connectivity index (χ2n) is 2.27. The van der Waals surface area contributed by atoms with E-state index in [1.54, 1.807) is 11.3 Å². The Balaban J connectivity index is 2.90. The maximum Gasteiger partial charge on any atom is 0.160 e. The van der Waals surface area contributed by atoms with Crippen molar-refractivity contribution < 1.29 is 0 Å². The van der Waals surface area contributed by atoms with Crippen molar-refractivity contribution in [3.05, 3.63) is 21.9 Å². The molecule has 11 heavy (non-hydrogen) atoms. The normalized spacial score (nSPS) is 10.7. The lowest BCUT2D eigenvalue weighted by Gasteiger charge is -1.89. The smallest absolute Gasteiger partial charge is 0.160 e. The fraction of sp³-hybridized carbons (Fsp3) is 0.143. The number of aryl methyl sites for hydroxylation is 1. The maximum absolute atomic E-state index is 4.31. The summed E-state index contributed by atoms with van der Waals surface area (Å²) in [5.41, 5.74) is 2.18. The minimum absolute atomic E-state index is 0.920. The first kappa shape index (κ1) is 7.18. The van der Waals surface area contributed by atoms with Crippen LogP contribution >= 0.6 is 27.3 Å². The third-order valence-corrected chi connectivity index (χ3v) is 2.90. The molecule has 0 N–H and O–H groups in total. The Labute approximate surface area is 76.4 Å². The zero-order chi connectivity index (χ0) is 7.84. The van der Waals surface area contributed by atoms with Crippen LogP contribution in [0.2, 0.25) is 0 Å². The second kappa shape index (κ2) is 2.53. The molecule has 0 aliphatic rings. The van der Waals surface area contributed by atoms with Crippen LogP contribution in [0.25, 0.3) is 10.2 Å². The molecule has 0 saturated heterocycles. The van der Waals surface area contributed by atoms with Gasteiger partial charge < -0.3 is 0 Å². The minimum Gasteiger partial charge on any atom is -0.263 e. The molecule has 0 radical (unpaired) electrons. The molecular formula is C7H5BrN2S. The quantitative estimate of drug-likeness (QED) is 0.694. The molecule has 2 aromatic rings. The van der Waals surface area contributed by atoms with E-state index in [0.29, 0.717) is 0 Å². The van der Waals surface area contributed by atoms with Gasteiger partial charge in [0, 0.05) is 12.4 Å². The standard InChI is InChI=1S/C7H5BrN2S/c1-4-2-9-3-5-6(4)10-7(8)11-5/h2-3H,1H3. The molecule has 0 aliphatic carbocycles. The van der Waals surface area contributed by atoms with E-state index in [9.17, 15) is 0 Å². The molecule has 0 spiro atoms. The highest BCUT2D eigenvalue weighted by atomic mass is 79.9. The van der Waals surface area contributed by atoms with Crippen molar-refractivity contribution >= 4 is 37.5 Å². The SMILES string of the molecule is Cc1cncc2sc(Br)nc12. The summed E-state index contributed by atoms with van der Waals surface area (Å²) in [6.45, 7) is 2.02. The van der Waals surface area contributed by atoms with Gasteiger partial charge in [0.25, 0.3) is 0 Å². The monoisotopic (exact) mass is 228 g/mol. The van der Waals surface area contributed by atoms with Gasteiger partial charge in [0.2, 0.25) is 0 Å². The van der Waals surface area contributed by atoms with E-state index in [2.05, 4.69) is 25.9 Å². The number of nitrogens with zero attached hydrogens (tertiary/aromatic N) is 2. The number of pyridine rings is 1. The van der Waals surface area contributed by atoms with Gasteiger partial charge in [-0.05, 0) is 28.4 Å². The van der Waals surface area contributed by atoms with E-state index >= 15 is 0 Å². The molecule has 4 heteroatoms. The van der Waals surface area contributed by atoms with Crippen molar-refractivity contribution in [1.82, 2.24) is 9.97 Å². The number of fused-ring (bicyclic) bond motifs is 1. The first-order chi connectivity index (χ1) is 5.27. The van der Waals surface area contributed by atoms with Crippen LogP contribution < -0.4 is 0 Å². The summed E-state index contributed by atoms with van der Waals surface area (Å²) in [6.07, 6.45) is 3.67. The summed E-state index contributed by atoms with van der Waals surface area (Å²) in [5.74, 6) is 0. The number of hydrogen-bond acceptors (Lipinski definition) is 3. The Morgan fingerprint density at radius 1 is 1.45 bits per heavy atom. The van der Waals surface area contributed by atoms with Crippen LogP contribution in [0.5, 0.6) is 0 Å². The number of thiazole rings is 1. The Morgan fingerprint density at radius 2 is 2.27 bits per heavy atom. The molecule has 56 valence electrons. The summed E-state index contributed by atoms with van der Waals surface area (Å²) in [5, 5.41) is 0. The van der Waals surface area contributed by atoms with Crippen molar-refractivity contribution in [3.63, 3.8) is 0 Å². The number of aromatic nitrogens is 2. The molecule has 0 bridgehead atoms. The van der Waals surface area contributed by atoms with E-state index in [4.69, 9.17) is 0 Å². The zero-order valence-electron chi connectivity index (χ0n) is 5.84. The van der Waals surface area contributed by atoms with Gasteiger partial charge in [-0.1, -0.05) is 0 Å². The van der Waals surface area contributed by atoms with Crippen LogP contribution in [-0.2, 0) is 0 Å². The lowest BCUT2D eigenvalue weighted by Crippen LogP contribution is -1.77. The average Bonchev–Trinajstić information content (AvgIpc) is 2.31. The van der Waals surface area contributed by atoms with Crippen LogP contribution in [-0.4, -0.2) is 9.97 Å². The van der Waals surface area contributed by atoms with Crippen molar-refractivity contribution in [2.45, 2.75) is 6.92 Å². The van der Waals surface area contributed by atoms with Gasteiger partial charge in [-0.3, -0.25) is 4.98 Å². The molecule has 2 rings (SSSR count). The average molecular weight is 229 g/mol. The van der Waals surface area contributed by atoms with Gasteiger partial charge in [-0.25, -0.2) is 4.98 Å². The zero-order valence-corrected chi connectivity index (χ0v) is 8.24. The second-order valence-corrected chi connectivity index (χ2v) is 4.58. The fourth-order valence-corrected chi connectivity index (χ4v) is 2.39. The molecule has 0 amide bonds. The molecule has 0 saturated carbocycles. The molecule has 0 atom stereocenters. The highest BCUT2D eigenvalue weighted by Gasteiger charge is 2.02. The molecule has 0 aromatic carbocycles. The Kier molecular flexibility index (Phi) is 1.65. The van der Waals surface area contributed by atoms with Gasteiger partial charge in [0.1, 0.15) is 0 Å². The summed E-state index contributed by atoms with van der Waals surface area (Å²) in [6, 6.07) is 0. The molecule has 2 aromatic heterocycles. The summed E-state index contributed by atoms with van der Waals surface area (Å²) >= 11 is 4.95. The van der Waals surface area contributed by atoms with Crippen molar-refractivity contribution in [2.24, 2.45) is 0 Å². The number of halogens is 1. The third kappa shape index (κ3) is 1.16. The fourth-order valence-electron chi connectivity index (χ4n) is 0.953. The lowest BCUT2D eigenvalue weighted by atomic mass is 10.3. The largest absolute Gasteiger partial charge is 0.263 e. The Morgan fingerprint density at radius 3 is 3.00 bits per heavy atom. The van der Waals surface area contributed by atoms with E-state index in [1.807, 2.05) is 19.3 Å². The summed E-state index contributed by atoms with van der Waals surface area (Å²) < 4.78 is 2.06. The first-order valence-corrected chi connectivity index (χ1v) is 4.75. The Bertz CT molecular complexity index is 396. The summed E-state index contributed by atoms with van der Waals surface area (Å²) in [7, 11) is 0. The van der Waals surface area contributed by atoms with Crippen molar-refractivity contribution in [2.75, 3.05) is 0 Å². The maximum atomic E-state index is 4.31. The number of rotatable bonds is 0.